The number of thiophene rings is 1. The maximum Gasteiger partial charge on any atom is 0.223 e. The predicted octanol–water partition coefficient (Wildman–Crippen LogP) is 2.84. The Morgan fingerprint density at radius 2 is 2.11 bits per heavy atom. The number of hydrogen-bond donors (Lipinski definition) is 1. The van der Waals surface area contributed by atoms with Crippen molar-refractivity contribution >= 4 is 43.4 Å². The Balaban J connectivity index is 2.37. The molecule has 0 saturated carbocycles. The fourth-order valence-electron chi connectivity index (χ4n) is 1.85. The summed E-state index contributed by atoms with van der Waals surface area (Å²) in [5, 5.41) is 7.42. The molecule has 0 unspecified atom stereocenters. The second-order valence-corrected chi connectivity index (χ2v) is 5.63. The number of nitrogens with zero attached hydrogens (tertiary/aromatic N) is 4. The minimum absolute atomic E-state index is 0.267. The summed E-state index contributed by atoms with van der Waals surface area (Å²) in [5.41, 5.74) is 7.67. The van der Waals surface area contributed by atoms with Gasteiger partial charge >= 0.3 is 0 Å². The van der Waals surface area contributed by atoms with Crippen molar-refractivity contribution in [3.05, 3.63) is 27.3 Å². The summed E-state index contributed by atoms with van der Waals surface area (Å²) in [7, 11) is 0. The van der Waals surface area contributed by atoms with Crippen molar-refractivity contribution in [2.75, 3.05) is 5.73 Å². The molecule has 5 nitrogen and oxygen atoms in total. The summed E-state index contributed by atoms with van der Waals surface area (Å²) < 4.78 is 2.79. The summed E-state index contributed by atoms with van der Waals surface area (Å²) in [6.45, 7) is 3.93. The van der Waals surface area contributed by atoms with E-state index >= 15 is 0 Å². The zero-order chi connectivity index (χ0) is 12.9. The summed E-state index contributed by atoms with van der Waals surface area (Å²) in [6.07, 6.45) is 0. The van der Waals surface area contributed by atoms with Crippen LogP contribution in [-0.4, -0.2) is 19.7 Å². The molecule has 0 bridgehead atoms. The van der Waals surface area contributed by atoms with Gasteiger partial charge in [-0.15, -0.1) is 11.3 Å². The predicted molar refractivity (Wildman–Crippen MR) is 76.1 cm³/mol. The number of fused-ring (bicyclic) bond motifs is 1. The highest BCUT2D eigenvalue weighted by molar-refractivity contribution is 9.10. The van der Waals surface area contributed by atoms with Crippen LogP contribution in [0.15, 0.2) is 15.9 Å². The maximum atomic E-state index is 5.75. The van der Waals surface area contributed by atoms with Crippen LogP contribution in [-0.2, 0) is 0 Å². The molecule has 0 atom stereocenters. The highest BCUT2D eigenvalue weighted by Gasteiger charge is 2.15. The molecule has 3 aromatic heterocycles. The van der Waals surface area contributed by atoms with Crippen LogP contribution in [0, 0.1) is 13.8 Å². The molecule has 2 N–H and O–H groups in total. The van der Waals surface area contributed by atoms with Gasteiger partial charge in [0.05, 0.1) is 21.2 Å². The van der Waals surface area contributed by atoms with Gasteiger partial charge in [0.2, 0.25) is 5.95 Å². The summed E-state index contributed by atoms with van der Waals surface area (Å²) in [5.74, 6) is 0.994. The number of rotatable bonds is 1. The lowest BCUT2D eigenvalue weighted by molar-refractivity contribution is 0.812. The third-order valence-electron chi connectivity index (χ3n) is 2.73. The van der Waals surface area contributed by atoms with Crippen LogP contribution in [0.3, 0.4) is 0 Å². The molecule has 92 valence electrons. The molecule has 0 amide bonds. The lowest BCUT2D eigenvalue weighted by atomic mass is 10.3. The van der Waals surface area contributed by atoms with Crippen molar-refractivity contribution in [2.45, 2.75) is 13.8 Å². The topological polar surface area (TPSA) is 69.6 Å². The summed E-state index contributed by atoms with van der Waals surface area (Å²) >= 11 is 5.06. The SMILES string of the molecule is Cc1nn(-c2nc(N)nc3sccc23)c(C)c1Br. The van der Waals surface area contributed by atoms with Crippen LogP contribution in [0.4, 0.5) is 5.95 Å². The van der Waals surface area contributed by atoms with Gasteiger partial charge in [0, 0.05) is 0 Å². The van der Waals surface area contributed by atoms with Crippen LogP contribution < -0.4 is 5.73 Å². The second-order valence-electron chi connectivity index (χ2n) is 3.94. The molecule has 0 aliphatic heterocycles. The van der Waals surface area contributed by atoms with E-state index in [2.05, 4.69) is 31.0 Å². The van der Waals surface area contributed by atoms with E-state index < -0.39 is 0 Å². The lowest BCUT2D eigenvalue weighted by Gasteiger charge is -2.05. The standard InChI is InChI=1S/C11H10BrN5S/c1-5-8(12)6(2)17(16-5)9-7-3-4-18-10(7)15-11(13)14-9/h3-4H,1-2H3,(H2,13,14,15). The first kappa shape index (κ1) is 11.6. The third-order valence-corrected chi connectivity index (χ3v) is 4.68. The number of hydrogen-bond acceptors (Lipinski definition) is 5. The van der Waals surface area contributed by atoms with Crippen LogP contribution in [0.5, 0.6) is 0 Å². The quantitative estimate of drug-likeness (QED) is 0.747. The summed E-state index contributed by atoms with van der Waals surface area (Å²) in [6, 6.07) is 1.99. The smallest absolute Gasteiger partial charge is 0.223 e. The largest absolute Gasteiger partial charge is 0.368 e. The number of nitrogen functional groups attached to an aromatic ring is 1. The number of halogens is 1. The zero-order valence-electron chi connectivity index (χ0n) is 9.81. The summed E-state index contributed by atoms with van der Waals surface area (Å²) in [4.78, 5) is 9.40. The fraction of sp³-hybridized carbons (Fsp3) is 0.182. The van der Waals surface area contributed by atoms with Gasteiger partial charge in [-0.1, -0.05) is 0 Å². The Bertz CT molecular complexity index is 745. The van der Waals surface area contributed by atoms with Gasteiger partial charge < -0.3 is 5.73 Å². The molecule has 3 aromatic rings. The van der Waals surface area contributed by atoms with E-state index in [1.54, 1.807) is 16.0 Å². The zero-order valence-corrected chi connectivity index (χ0v) is 12.2. The molecule has 0 spiro atoms. The van der Waals surface area contributed by atoms with Gasteiger partial charge in [0.1, 0.15) is 4.83 Å². The molecule has 18 heavy (non-hydrogen) atoms. The van der Waals surface area contributed by atoms with Crippen LogP contribution in [0.2, 0.25) is 0 Å². The molecule has 0 saturated heterocycles. The van der Waals surface area contributed by atoms with Gasteiger partial charge in [0.15, 0.2) is 5.82 Å². The van der Waals surface area contributed by atoms with E-state index in [-0.39, 0.29) is 5.95 Å². The average Bonchev–Trinajstić information content (AvgIpc) is 2.88. The van der Waals surface area contributed by atoms with E-state index in [1.807, 2.05) is 25.3 Å². The average molecular weight is 324 g/mol. The Morgan fingerprint density at radius 3 is 2.78 bits per heavy atom. The molecule has 0 aliphatic rings. The molecule has 7 heteroatoms. The van der Waals surface area contributed by atoms with Crippen molar-refractivity contribution in [3.8, 4) is 5.82 Å². The molecular formula is C11H10BrN5S. The fourth-order valence-corrected chi connectivity index (χ4v) is 2.86. The van der Waals surface area contributed by atoms with Crippen molar-refractivity contribution in [3.63, 3.8) is 0 Å². The van der Waals surface area contributed by atoms with Crippen LogP contribution in [0.1, 0.15) is 11.4 Å². The molecule has 3 rings (SSSR count). The third kappa shape index (κ3) is 1.62. The van der Waals surface area contributed by atoms with E-state index in [9.17, 15) is 0 Å². The maximum absolute atomic E-state index is 5.75. The lowest BCUT2D eigenvalue weighted by Crippen LogP contribution is -2.06. The minimum Gasteiger partial charge on any atom is -0.368 e. The highest BCUT2D eigenvalue weighted by atomic mass is 79.9. The van der Waals surface area contributed by atoms with Crippen LogP contribution in [0.25, 0.3) is 16.0 Å². The first-order valence-corrected chi connectivity index (χ1v) is 6.98. The number of aryl methyl sites for hydroxylation is 1. The van der Waals surface area contributed by atoms with E-state index in [1.165, 1.54) is 0 Å². The molecule has 0 aromatic carbocycles. The van der Waals surface area contributed by atoms with Crippen LogP contribution >= 0.6 is 27.3 Å². The van der Waals surface area contributed by atoms with Gasteiger partial charge in [-0.25, -0.2) is 9.67 Å². The Labute approximate surface area is 116 Å². The minimum atomic E-state index is 0.267. The van der Waals surface area contributed by atoms with Crippen molar-refractivity contribution in [1.82, 2.24) is 19.7 Å². The van der Waals surface area contributed by atoms with E-state index in [0.717, 1.165) is 31.9 Å². The van der Waals surface area contributed by atoms with Crippen molar-refractivity contribution < 1.29 is 0 Å². The highest BCUT2D eigenvalue weighted by Crippen LogP contribution is 2.28. The Hall–Kier alpha value is -1.47. The molecule has 0 fully saturated rings. The number of aromatic nitrogens is 4. The molecule has 3 heterocycles. The van der Waals surface area contributed by atoms with E-state index in [0.29, 0.717) is 0 Å². The first-order chi connectivity index (χ1) is 8.58. The van der Waals surface area contributed by atoms with E-state index in [4.69, 9.17) is 5.73 Å². The monoisotopic (exact) mass is 323 g/mol. The number of anilines is 1. The molecule has 0 aliphatic carbocycles. The first-order valence-electron chi connectivity index (χ1n) is 5.30. The van der Waals surface area contributed by atoms with Gasteiger partial charge in [-0.3, -0.25) is 0 Å². The van der Waals surface area contributed by atoms with Gasteiger partial charge in [-0.05, 0) is 41.2 Å². The van der Waals surface area contributed by atoms with Gasteiger partial charge in [-0.2, -0.15) is 10.1 Å². The number of nitrogens with two attached hydrogens (primary N) is 1. The second kappa shape index (κ2) is 4.03. The van der Waals surface area contributed by atoms with Crippen molar-refractivity contribution in [2.24, 2.45) is 0 Å². The Kier molecular flexibility index (Phi) is 2.60. The Morgan fingerprint density at radius 1 is 1.33 bits per heavy atom. The van der Waals surface area contributed by atoms with Crippen molar-refractivity contribution in [1.29, 1.82) is 0 Å². The normalized spacial score (nSPS) is 11.3. The molecule has 0 radical (unpaired) electrons. The van der Waals surface area contributed by atoms with Gasteiger partial charge in [0.25, 0.3) is 0 Å². The molecular weight excluding hydrogens is 314 g/mol.